The highest BCUT2D eigenvalue weighted by Gasteiger charge is 2.19. The molecule has 19 heavy (non-hydrogen) atoms. The van der Waals surface area contributed by atoms with Gasteiger partial charge in [-0.1, -0.05) is 61.4 Å². The molecule has 0 radical (unpaired) electrons. The molecule has 0 amide bonds. The lowest BCUT2D eigenvalue weighted by atomic mass is 9.83. The first kappa shape index (κ1) is 15.2. The molecular formula is C16H23Cl2N. The maximum absolute atomic E-state index is 6.26. The van der Waals surface area contributed by atoms with Gasteiger partial charge in [-0.2, -0.15) is 0 Å². The number of halogens is 2. The molecule has 0 heterocycles. The van der Waals surface area contributed by atoms with Crippen molar-refractivity contribution in [2.45, 2.75) is 51.0 Å². The number of benzene rings is 1. The molecule has 1 aliphatic carbocycles. The fourth-order valence-corrected chi connectivity index (χ4v) is 3.57. The Bertz CT molecular complexity index is 400. The zero-order chi connectivity index (χ0) is 13.7. The van der Waals surface area contributed by atoms with Crippen LogP contribution in [0.15, 0.2) is 18.2 Å². The van der Waals surface area contributed by atoms with Crippen molar-refractivity contribution < 1.29 is 0 Å². The van der Waals surface area contributed by atoms with Crippen molar-refractivity contribution in [2.24, 2.45) is 5.92 Å². The molecule has 1 saturated carbocycles. The molecule has 2 rings (SSSR count). The molecule has 0 saturated heterocycles. The summed E-state index contributed by atoms with van der Waals surface area (Å²) >= 11 is 12.2. The van der Waals surface area contributed by atoms with Crippen molar-refractivity contribution in [3.8, 4) is 0 Å². The van der Waals surface area contributed by atoms with Crippen LogP contribution in [-0.2, 0) is 6.42 Å². The fourth-order valence-electron chi connectivity index (χ4n) is 3.08. The molecule has 1 fully saturated rings. The van der Waals surface area contributed by atoms with E-state index >= 15 is 0 Å². The molecule has 1 unspecified atom stereocenters. The molecular weight excluding hydrogens is 277 g/mol. The van der Waals surface area contributed by atoms with Gasteiger partial charge in [-0.25, -0.2) is 0 Å². The van der Waals surface area contributed by atoms with Crippen LogP contribution in [-0.4, -0.2) is 13.1 Å². The molecule has 106 valence electrons. The van der Waals surface area contributed by atoms with Gasteiger partial charge >= 0.3 is 0 Å². The number of likely N-dealkylation sites (N-methyl/N-ethyl adjacent to an activating group) is 1. The first-order chi connectivity index (χ1) is 9.19. The van der Waals surface area contributed by atoms with Crippen molar-refractivity contribution >= 4 is 23.2 Å². The quantitative estimate of drug-likeness (QED) is 0.798. The monoisotopic (exact) mass is 299 g/mol. The molecule has 1 aromatic carbocycles. The molecule has 1 aromatic rings. The van der Waals surface area contributed by atoms with Crippen LogP contribution in [0.3, 0.4) is 0 Å². The Labute approximate surface area is 126 Å². The average Bonchev–Trinajstić information content (AvgIpc) is 2.42. The number of hydrogen-bond acceptors (Lipinski definition) is 1. The highest BCUT2D eigenvalue weighted by Crippen LogP contribution is 2.29. The highest BCUT2D eigenvalue weighted by molar-refractivity contribution is 6.35. The fraction of sp³-hybridized carbons (Fsp3) is 0.625. The third-order valence-electron chi connectivity index (χ3n) is 4.23. The van der Waals surface area contributed by atoms with Crippen molar-refractivity contribution in [3.63, 3.8) is 0 Å². The van der Waals surface area contributed by atoms with Gasteiger partial charge in [0.2, 0.25) is 0 Å². The molecule has 1 atom stereocenters. The Morgan fingerprint density at radius 2 is 1.95 bits per heavy atom. The van der Waals surface area contributed by atoms with E-state index < -0.39 is 0 Å². The minimum atomic E-state index is 0.516. The van der Waals surface area contributed by atoms with Gasteiger partial charge in [0.1, 0.15) is 0 Å². The minimum absolute atomic E-state index is 0.516. The van der Waals surface area contributed by atoms with E-state index in [4.69, 9.17) is 23.2 Å². The van der Waals surface area contributed by atoms with E-state index in [0.717, 1.165) is 17.4 Å². The second kappa shape index (κ2) is 7.52. The zero-order valence-corrected chi connectivity index (χ0v) is 13.1. The summed E-state index contributed by atoms with van der Waals surface area (Å²) in [6, 6.07) is 6.33. The first-order valence-electron chi connectivity index (χ1n) is 7.30. The van der Waals surface area contributed by atoms with Crippen molar-refractivity contribution in [2.75, 3.05) is 7.05 Å². The lowest BCUT2D eigenvalue weighted by molar-refractivity contribution is 0.303. The van der Waals surface area contributed by atoms with Gasteiger partial charge in [0.05, 0.1) is 0 Å². The summed E-state index contributed by atoms with van der Waals surface area (Å²) in [5.74, 6) is 0.886. The van der Waals surface area contributed by atoms with Gasteiger partial charge in [0.15, 0.2) is 0 Å². The van der Waals surface area contributed by atoms with Crippen LogP contribution in [0, 0.1) is 5.92 Å². The summed E-state index contributed by atoms with van der Waals surface area (Å²) in [5, 5.41) is 4.95. The summed E-state index contributed by atoms with van der Waals surface area (Å²) in [6.07, 6.45) is 9.27. The van der Waals surface area contributed by atoms with Crippen LogP contribution >= 0.6 is 23.2 Å². The van der Waals surface area contributed by atoms with Gasteiger partial charge in [0.25, 0.3) is 0 Å². The SMILES string of the molecule is CNC(Cc1ccc(Cl)cc1Cl)CC1CCCCC1. The third kappa shape index (κ3) is 4.66. The lowest BCUT2D eigenvalue weighted by Gasteiger charge is -2.26. The predicted octanol–water partition coefficient (Wildman–Crippen LogP) is 5.09. The van der Waals surface area contributed by atoms with E-state index in [0.29, 0.717) is 11.1 Å². The molecule has 0 spiro atoms. The Morgan fingerprint density at radius 3 is 2.58 bits per heavy atom. The molecule has 0 aliphatic heterocycles. The van der Waals surface area contributed by atoms with Crippen LogP contribution < -0.4 is 5.32 Å². The Hall–Kier alpha value is -0.240. The molecule has 3 heteroatoms. The van der Waals surface area contributed by atoms with Crippen LogP contribution in [0.25, 0.3) is 0 Å². The largest absolute Gasteiger partial charge is 0.317 e. The van der Waals surface area contributed by atoms with E-state index in [1.165, 1.54) is 44.1 Å². The molecule has 1 N–H and O–H groups in total. The summed E-state index contributed by atoms with van der Waals surface area (Å²) in [6.45, 7) is 0. The molecule has 1 aliphatic rings. The molecule has 1 nitrogen and oxygen atoms in total. The lowest BCUT2D eigenvalue weighted by Crippen LogP contribution is -2.30. The summed E-state index contributed by atoms with van der Waals surface area (Å²) in [7, 11) is 2.05. The summed E-state index contributed by atoms with van der Waals surface area (Å²) < 4.78 is 0. The number of hydrogen-bond donors (Lipinski definition) is 1. The van der Waals surface area contributed by atoms with Gasteiger partial charge in [-0.3, -0.25) is 0 Å². The van der Waals surface area contributed by atoms with Crippen molar-refractivity contribution in [3.05, 3.63) is 33.8 Å². The third-order valence-corrected chi connectivity index (χ3v) is 4.82. The van der Waals surface area contributed by atoms with E-state index in [-0.39, 0.29) is 0 Å². The van der Waals surface area contributed by atoms with Crippen LogP contribution in [0.2, 0.25) is 10.0 Å². The van der Waals surface area contributed by atoms with Crippen LogP contribution in [0.4, 0.5) is 0 Å². The van der Waals surface area contributed by atoms with Gasteiger partial charge in [-0.05, 0) is 43.5 Å². The van der Waals surface area contributed by atoms with Gasteiger partial charge in [0, 0.05) is 16.1 Å². The van der Waals surface area contributed by atoms with Crippen LogP contribution in [0.1, 0.15) is 44.1 Å². The summed E-state index contributed by atoms with van der Waals surface area (Å²) in [5.41, 5.74) is 1.20. The number of rotatable bonds is 5. The van der Waals surface area contributed by atoms with Gasteiger partial charge < -0.3 is 5.32 Å². The van der Waals surface area contributed by atoms with E-state index in [9.17, 15) is 0 Å². The van der Waals surface area contributed by atoms with Crippen LogP contribution in [0.5, 0.6) is 0 Å². The van der Waals surface area contributed by atoms with Crippen molar-refractivity contribution in [1.82, 2.24) is 5.32 Å². The highest BCUT2D eigenvalue weighted by atomic mass is 35.5. The van der Waals surface area contributed by atoms with Gasteiger partial charge in [-0.15, -0.1) is 0 Å². The van der Waals surface area contributed by atoms with E-state index in [2.05, 4.69) is 18.4 Å². The Balaban J connectivity index is 1.94. The Morgan fingerprint density at radius 1 is 1.21 bits per heavy atom. The topological polar surface area (TPSA) is 12.0 Å². The predicted molar refractivity (Wildman–Crippen MR) is 84.2 cm³/mol. The first-order valence-corrected chi connectivity index (χ1v) is 8.06. The molecule has 0 bridgehead atoms. The minimum Gasteiger partial charge on any atom is -0.317 e. The smallest absolute Gasteiger partial charge is 0.0453 e. The second-order valence-corrected chi connectivity index (χ2v) is 6.51. The average molecular weight is 300 g/mol. The maximum Gasteiger partial charge on any atom is 0.0453 e. The van der Waals surface area contributed by atoms with E-state index in [1.54, 1.807) is 0 Å². The standard InChI is InChI=1S/C16H23Cl2N/c1-19-15(9-12-5-3-2-4-6-12)10-13-7-8-14(17)11-16(13)18/h7-8,11-12,15,19H,2-6,9-10H2,1H3. The Kier molecular flexibility index (Phi) is 6.00. The zero-order valence-electron chi connectivity index (χ0n) is 11.6. The number of nitrogens with one attached hydrogen (secondary N) is 1. The van der Waals surface area contributed by atoms with E-state index in [1.807, 2.05) is 12.1 Å². The summed E-state index contributed by atoms with van der Waals surface area (Å²) in [4.78, 5) is 0. The maximum atomic E-state index is 6.26. The molecule has 0 aromatic heterocycles. The second-order valence-electron chi connectivity index (χ2n) is 5.67. The normalized spacial score (nSPS) is 18.5. The van der Waals surface area contributed by atoms with Crippen molar-refractivity contribution in [1.29, 1.82) is 0 Å².